The summed E-state index contributed by atoms with van der Waals surface area (Å²) >= 11 is 0. The van der Waals surface area contributed by atoms with Crippen LogP contribution in [0.2, 0.25) is 0 Å². The van der Waals surface area contributed by atoms with E-state index in [2.05, 4.69) is 4.99 Å². The molecule has 0 saturated carbocycles. The van der Waals surface area contributed by atoms with E-state index in [1.54, 1.807) is 0 Å². The third kappa shape index (κ3) is 10.5. The zero-order valence-corrected chi connectivity index (χ0v) is 22.5. The van der Waals surface area contributed by atoms with Gasteiger partial charge in [0.05, 0.1) is 55.8 Å². The number of hydrogen-bond acceptors (Lipinski definition) is 14. The molecular formula is C22H34N8O13. The van der Waals surface area contributed by atoms with Gasteiger partial charge in [-0.2, -0.15) is 0 Å². The molecule has 43 heavy (non-hydrogen) atoms. The first-order valence-electron chi connectivity index (χ1n) is 12.1. The lowest BCUT2D eigenvalue weighted by Gasteiger charge is -2.44. The van der Waals surface area contributed by atoms with Gasteiger partial charge in [0.2, 0.25) is 11.8 Å². The maximum Gasteiger partial charge on any atom is 0.305 e. The molecule has 0 spiro atoms. The fourth-order valence-corrected chi connectivity index (χ4v) is 4.01. The number of carbonyl (C=O) groups is 9. The topological polar surface area (TPSA) is 406 Å². The number of nitrogens with two attached hydrogens (primary N) is 6. The molecule has 16 N–H and O–H groups in total. The maximum atomic E-state index is 13.9. The van der Waals surface area contributed by atoms with Crippen LogP contribution in [0.3, 0.4) is 0 Å². The second-order valence-electron chi connectivity index (χ2n) is 9.19. The van der Waals surface area contributed by atoms with Gasteiger partial charge in [0.1, 0.15) is 0 Å². The lowest BCUT2D eigenvalue weighted by molar-refractivity contribution is -0.168. The van der Waals surface area contributed by atoms with Crippen LogP contribution in [0.15, 0.2) is 4.99 Å². The molecule has 0 radical (unpaired) electrons. The number of rotatable bonds is 20. The third-order valence-corrected chi connectivity index (χ3v) is 5.89. The molecule has 0 aromatic carbocycles. The van der Waals surface area contributed by atoms with Gasteiger partial charge in [-0.05, 0) is 6.42 Å². The van der Waals surface area contributed by atoms with Crippen molar-refractivity contribution in [3.05, 3.63) is 0 Å². The zero-order chi connectivity index (χ0) is 33.8. The molecule has 240 valence electrons. The number of guanidine groups is 1. The number of carboxylic acids is 4. The summed E-state index contributed by atoms with van der Waals surface area (Å²) in [5, 5.41) is 36.6. The van der Waals surface area contributed by atoms with E-state index >= 15 is 0 Å². The highest BCUT2D eigenvalue weighted by atomic mass is 16.4. The number of hydrogen-bond donors (Lipinski definition) is 10. The molecule has 0 aliphatic heterocycles. The second kappa shape index (κ2) is 16.5. The van der Waals surface area contributed by atoms with Crippen molar-refractivity contribution >= 4 is 59.5 Å². The molecule has 0 bridgehead atoms. The van der Waals surface area contributed by atoms with Crippen molar-refractivity contribution in [2.45, 2.75) is 61.8 Å². The second-order valence-corrected chi connectivity index (χ2v) is 9.19. The van der Waals surface area contributed by atoms with Crippen LogP contribution in [0.5, 0.6) is 0 Å². The van der Waals surface area contributed by atoms with E-state index < -0.39 is 134 Å². The SMILES string of the molecule is NC(N)=NCCC(C(=O)[C@@H](N)CC(=O)O)[C@](C=O)(C(=O)[C@@H](N)CC(=O)O)N(C(=O)[C@@H](N)CC(=O)O)C(=O)[C@@H](N)CC(=O)O. The van der Waals surface area contributed by atoms with E-state index in [1.165, 1.54) is 0 Å². The molecule has 0 aromatic rings. The van der Waals surface area contributed by atoms with E-state index in [-0.39, 0.29) is 4.90 Å². The van der Waals surface area contributed by atoms with Gasteiger partial charge < -0.3 is 59.6 Å². The molecule has 21 nitrogen and oxygen atoms in total. The summed E-state index contributed by atoms with van der Waals surface area (Å²) < 4.78 is 0. The Hall–Kier alpha value is -4.86. The molecule has 0 fully saturated rings. The van der Waals surface area contributed by atoms with Gasteiger partial charge in [-0.3, -0.25) is 48.2 Å². The Morgan fingerprint density at radius 2 is 1.05 bits per heavy atom. The number of amides is 2. The third-order valence-electron chi connectivity index (χ3n) is 5.89. The molecule has 21 heteroatoms. The first kappa shape index (κ1) is 38.1. The van der Waals surface area contributed by atoms with E-state index in [4.69, 9.17) is 49.7 Å². The van der Waals surface area contributed by atoms with Crippen molar-refractivity contribution < 1.29 is 63.6 Å². The highest BCUT2D eigenvalue weighted by molar-refractivity contribution is 6.18. The van der Waals surface area contributed by atoms with Gasteiger partial charge in [0.25, 0.3) is 0 Å². The Bertz CT molecular complexity index is 1140. The van der Waals surface area contributed by atoms with Crippen LogP contribution in [-0.2, 0) is 43.2 Å². The number of Topliss-reactive ketones (excluding diaryl/α,β-unsaturated/α-hetero) is 2. The fourth-order valence-electron chi connectivity index (χ4n) is 4.01. The Morgan fingerprint density at radius 3 is 1.40 bits per heavy atom. The number of carbonyl (C=O) groups excluding carboxylic acids is 5. The first-order valence-corrected chi connectivity index (χ1v) is 12.1. The number of aliphatic imine (C=N–C) groups is 1. The van der Waals surface area contributed by atoms with Gasteiger partial charge in [0.15, 0.2) is 29.4 Å². The first-order chi connectivity index (χ1) is 19.7. The molecule has 0 aliphatic carbocycles. The molecule has 1 unspecified atom stereocenters. The molecule has 2 amide bonds. The normalized spacial score (nSPS) is 15.7. The highest BCUT2D eigenvalue weighted by Gasteiger charge is 2.60. The molecule has 0 rings (SSSR count). The van der Waals surface area contributed by atoms with Gasteiger partial charge in [-0.1, -0.05) is 0 Å². The average molecular weight is 619 g/mol. The summed E-state index contributed by atoms with van der Waals surface area (Å²) in [6.07, 6.45) is -6.21. The average Bonchev–Trinajstić information content (AvgIpc) is 2.86. The maximum absolute atomic E-state index is 13.9. The number of ketones is 2. The van der Waals surface area contributed by atoms with Crippen molar-refractivity contribution in [2.75, 3.05) is 6.54 Å². The van der Waals surface area contributed by atoms with Crippen molar-refractivity contribution in [3.63, 3.8) is 0 Å². The fraction of sp³-hybridized carbons (Fsp3) is 0.545. The monoisotopic (exact) mass is 618 g/mol. The van der Waals surface area contributed by atoms with Crippen molar-refractivity contribution in [1.29, 1.82) is 0 Å². The smallest absolute Gasteiger partial charge is 0.305 e. The number of imide groups is 1. The van der Waals surface area contributed by atoms with Crippen LogP contribution in [0.4, 0.5) is 0 Å². The van der Waals surface area contributed by atoms with Crippen LogP contribution in [0.25, 0.3) is 0 Å². The summed E-state index contributed by atoms with van der Waals surface area (Å²) in [6, 6.07) is -8.81. The van der Waals surface area contributed by atoms with Gasteiger partial charge >= 0.3 is 23.9 Å². The van der Waals surface area contributed by atoms with Crippen molar-refractivity contribution in [3.8, 4) is 0 Å². The Kier molecular flexibility index (Phi) is 14.7. The predicted molar refractivity (Wildman–Crippen MR) is 140 cm³/mol. The quantitative estimate of drug-likeness (QED) is 0.0262. The van der Waals surface area contributed by atoms with Gasteiger partial charge in [-0.25, -0.2) is 0 Å². The molecule has 0 aromatic heterocycles. The van der Waals surface area contributed by atoms with Crippen LogP contribution < -0.4 is 34.4 Å². The Labute approximate surface area is 242 Å². The van der Waals surface area contributed by atoms with Crippen molar-refractivity contribution in [1.82, 2.24) is 4.90 Å². The number of aliphatic carboxylic acids is 4. The van der Waals surface area contributed by atoms with Gasteiger partial charge in [-0.15, -0.1) is 0 Å². The standard InChI is InChI=1S/C22H34N8O13/c23-9(3-13(32)33)17(40)8(1-2-29-21(27)28)22(7-31,18(41)10(24)4-14(34)35)30(19(42)11(25)5-15(36)37)20(43)12(26)6-16(38)39/h7-12H,1-6,23-26H2,(H,32,33)(H,34,35)(H,36,37)(H,38,39)(H4,27,28,29)/t8?,9-,10-,11-,12-,22+/m0/s1. The largest absolute Gasteiger partial charge is 0.481 e. The lowest BCUT2D eigenvalue weighted by Crippen LogP contribution is -2.73. The molecule has 0 aliphatic rings. The minimum absolute atomic E-state index is 0.336. The minimum Gasteiger partial charge on any atom is -0.481 e. The van der Waals surface area contributed by atoms with Crippen LogP contribution in [0.1, 0.15) is 32.1 Å². The summed E-state index contributed by atoms with van der Waals surface area (Å²) in [4.78, 5) is 116. The predicted octanol–water partition coefficient (Wildman–Crippen LogP) is -6.09. The molecular weight excluding hydrogens is 584 g/mol. The minimum atomic E-state index is -3.54. The Balaban J connectivity index is 7.94. The Morgan fingerprint density at radius 1 is 0.674 bits per heavy atom. The van der Waals surface area contributed by atoms with Gasteiger partial charge in [0, 0.05) is 6.54 Å². The molecule has 0 saturated heterocycles. The van der Waals surface area contributed by atoms with E-state index in [0.717, 1.165) is 0 Å². The zero-order valence-electron chi connectivity index (χ0n) is 22.5. The van der Waals surface area contributed by atoms with E-state index in [1.807, 2.05) is 0 Å². The number of nitrogens with zero attached hydrogens (tertiary/aromatic N) is 2. The summed E-state index contributed by atoms with van der Waals surface area (Å²) in [5.41, 5.74) is 29.7. The molecule has 0 heterocycles. The molecule has 6 atom stereocenters. The summed E-state index contributed by atoms with van der Waals surface area (Å²) in [6.45, 7) is -0.659. The van der Waals surface area contributed by atoms with E-state index in [0.29, 0.717) is 0 Å². The summed E-state index contributed by atoms with van der Waals surface area (Å²) in [7, 11) is 0. The van der Waals surface area contributed by atoms with Crippen molar-refractivity contribution in [2.24, 2.45) is 45.3 Å². The van der Waals surface area contributed by atoms with E-state index in [9.17, 15) is 48.3 Å². The van der Waals surface area contributed by atoms with Crippen LogP contribution >= 0.6 is 0 Å². The number of carboxylic acid groups (broad SMARTS) is 4. The highest BCUT2D eigenvalue weighted by Crippen LogP contribution is 2.33. The summed E-state index contributed by atoms with van der Waals surface area (Å²) in [5.74, 6) is -16.8. The van der Waals surface area contributed by atoms with Crippen LogP contribution in [0, 0.1) is 5.92 Å². The van der Waals surface area contributed by atoms with Crippen LogP contribution in [-0.4, -0.2) is 121 Å². The number of aldehydes is 1. The lowest BCUT2D eigenvalue weighted by atomic mass is 9.71.